The fourth-order valence-corrected chi connectivity index (χ4v) is 4.76. The third kappa shape index (κ3) is 1.17. The van der Waals surface area contributed by atoms with Crippen molar-refractivity contribution in [2.45, 2.75) is 33.6 Å². The van der Waals surface area contributed by atoms with Gasteiger partial charge in [-0.25, -0.2) is 0 Å². The van der Waals surface area contributed by atoms with E-state index in [9.17, 15) is 4.79 Å². The minimum atomic E-state index is -0.0752. The van der Waals surface area contributed by atoms with Gasteiger partial charge in [0.05, 0.1) is 13.0 Å². The maximum Gasteiger partial charge on any atom is 0.313 e. The number of hydrogen-bond acceptors (Lipinski definition) is 2. The third-order valence-corrected chi connectivity index (χ3v) is 6.19. The van der Waals surface area contributed by atoms with Crippen LogP contribution in [0, 0.1) is 28.6 Å². The molecule has 2 fully saturated rings. The molecule has 3 rings (SSSR count). The molecule has 0 radical (unpaired) electrons. The SMILES string of the molecule is COC(=O)[C@H]1C=CC=C2[C@H]1C1CCC2(C)C1(C)C. The fourth-order valence-electron chi connectivity index (χ4n) is 4.76. The zero-order valence-corrected chi connectivity index (χ0v) is 11.7. The van der Waals surface area contributed by atoms with Gasteiger partial charge in [0.25, 0.3) is 0 Å². The molecule has 2 heteroatoms. The Morgan fingerprint density at radius 1 is 1.39 bits per heavy atom. The highest BCUT2D eigenvalue weighted by atomic mass is 16.5. The van der Waals surface area contributed by atoms with Crippen molar-refractivity contribution < 1.29 is 9.53 Å². The summed E-state index contributed by atoms with van der Waals surface area (Å²) >= 11 is 0. The summed E-state index contributed by atoms with van der Waals surface area (Å²) in [5.41, 5.74) is 2.04. The van der Waals surface area contributed by atoms with E-state index in [2.05, 4.69) is 32.9 Å². The average molecular weight is 246 g/mol. The molecule has 0 aliphatic heterocycles. The van der Waals surface area contributed by atoms with Gasteiger partial charge in [-0.3, -0.25) is 4.79 Å². The molecular weight excluding hydrogens is 224 g/mol. The van der Waals surface area contributed by atoms with Crippen LogP contribution < -0.4 is 0 Å². The van der Waals surface area contributed by atoms with Crippen LogP contribution in [0.1, 0.15) is 33.6 Å². The van der Waals surface area contributed by atoms with Crippen molar-refractivity contribution in [2.75, 3.05) is 7.11 Å². The third-order valence-electron chi connectivity index (χ3n) is 6.19. The topological polar surface area (TPSA) is 26.3 Å². The number of hydrogen-bond donors (Lipinski definition) is 0. The van der Waals surface area contributed by atoms with E-state index in [0.29, 0.717) is 17.3 Å². The first-order chi connectivity index (χ1) is 8.43. The van der Waals surface area contributed by atoms with Crippen molar-refractivity contribution in [3.63, 3.8) is 0 Å². The van der Waals surface area contributed by atoms with E-state index in [1.807, 2.05) is 6.08 Å². The number of fused-ring (bicyclic) bond motifs is 5. The van der Waals surface area contributed by atoms with Crippen LogP contribution in [-0.4, -0.2) is 13.1 Å². The molecule has 0 amide bonds. The molecule has 0 N–H and O–H groups in total. The molecular formula is C16H22O2. The highest BCUT2D eigenvalue weighted by molar-refractivity contribution is 5.76. The molecule has 0 heterocycles. The molecule has 0 aromatic heterocycles. The summed E-state index contributed by atoms with van der Waals surface area (Å²) in [6.45, 7) is 7.13. The van der Waals surface area contributed by atoms with Gasteiger partial charge in [-0.1, -0.05) is 44.6 Å². The zero-order valence-electron chi connectivity index (χ0n) is 11.7. The van der Waals surface area contributed by atoms with Crippen LogP contribution in [0.2, 0.25) is 0 Å². The highest BCUT2D eigenvalue weighted by Crippen LogP contribution is 2.72. The van der Waals surface area contributed by atoms with E-state index in [1.54, 1.807) is 0 Å². The van der Waals surface area contributed by atoms with Crippen LogP contribution in [0.5, 0.6) is 0 Å². The van der Waals surface area contributed by atoms with Crippen molar-refractivity contribution >= 4 is 5.97 Å². The molecule has 2 bridgehead atoms. The van der Waals surface area contributed by atoms with Crippen molar-refractivity contribution in [3.8, 4) is 0 Å². The molecule has 0 aromatic carbocycles. The van der Waals surface area contributed by atoms with Gasteiger partial charge in [-0.2, -0.15) is 0 Å². The number of allylic oxidation sites excluding steroid dienone is 3. The van der Waals surface area contributed by atoms with E-state index < -0.39 is 0 Å². The predicted molar refractivity (Wildman–Crippen MR) is 70.8 cm³/mol. The fraction of sp³-hybridized carbons (Fsp3) is 0.688. The molecule has 0 saturated heterocycles. The summed E-state index contributed by atoms with van der Waals surface area (Å²) in [6, 6.07) is 0. The van der Waals surface area contributed by atoms with E-state index in [0.717, 1.165) is 0 Å². The first-order valence-electron chi connectivity index (χ1n) is 6.90. The number of methoxy groups -OCH3 is 1. The Kier molecular flexibility index (Phi) is 2.33. The summed E-state index contributed by atoms with van der Waals surface area (Å²) in [7, 11) is 1.49. The number of rotatable bonds is 1. The van der Waals surface area contributed by atoms with Gasteiger partial charge in [0, 0.05) is 5.92 Å². The lowest BCUT2D eigenvalue weighted by Crippen LogP contribution is -2.32. The van der Waals surface area contributed by atoms with Gasteiger partial charge in [0.15, 0.2) is 0 Å². The number of carbonyl (C=O) groups is 1. The van der Waals surface area contributed by atoms with Gasteiger partial charge in [-0.05, 0) is 29.6 Å². The first kappa shape index (κ1) is 12.0. The molecule has 0 spiro atoms. The predicted octanol–water partition coefficient (Wildman–Crippen LogP) is 3.34. The van der Waals surface area contributed by atoms with Gasteiger partial charge in [0.2, 0.25) is 0 Å². The second-order valence-corrected chi connectivity index (χ2v) is 6.78. The molecule has 18 heavy (non-hydrogen) atoms. The van der Waals surface area contributed by atoms with Crippen molar-refractivity contribution in [1.82, 2.24) is 0 Å². The molecule has 2 saturated carbocycles. The summed E-state index contributed by atoms with van der Waals surface area (Å²) in [6.07, 6.45) is 8.84. The van der Waals surface area contributed by atoms with Gasteiger partial charge in [-0.15, -0.1) is 0 Å². The number of carbonyl (C=O) groups excluding carboxylic acids is 1. The Morgan fingerprint density at radius 2 is 2.11 bits per heavy atom. The van der Waals surface area contributed by atoms with Gasteiger partial charge < -0.3 is 4.74 Å². The van der Waals surface area contributed by atoms with Crippen LogP contribution in [0.25, 0.3) is 0 Å². The van der Waals surface area contributed by atoms with Crippen molar-refractivity contribution in [2.24, 2.45) is 28.6 Å². The summed E-state index contributed by atoms with van der Waals surface area (Å²) in [5, 5.41) is 0. The summed E-state index contributed by atoms with van der Waals surface area (Å²) in [4.78, 5) is 12.0. The molecule has 0 aromatic rings. The monoisotopic (exact) mass is 246 g/mol. The molecule has 4 atom stereocenters. The molecule has 2 nitrogen and oxygen atoms in total. The molecule has 98 valence electrons. The maximum absolute atomic E-state index is 12.0. The van der Waals surface area contributed by atoms with E-state index in [4.69, 9.17) is 4.74 Å². The second-order valence-electron chi connectivity index (χ2n) is 6.78. The lowest BCUT2D eigenvalue weighted by Gasteiger charge is -2.37. The van der Waals surface area contributed by atoms with E-state index in [-0.39, 0.29) is 17.3 Å². The molecule has 3 aliphatic carbocycles. The van der Waals surface area contributed by atoms with Crippen molar-refractivity contribution in [1.29, 1.82) is 0 Å². The van der Waals surface area contributed by atoms with Crippen LogP contribution in [0.4, 0.5) is 0 Å². The van der Waals surface area contributed by atoms with Gasteiger partial charge >= 0.3 is 5.97 Å². The highest BCUT2D eigenvalue weighted by Gasteiger charge is 2.65. The Labute approximate surface area is 109 Å². The van der Waals surface area contributed by atoms with E-state index in [1.165, 1.54) is 25.5 Å². The molecule has 3 aliphatic rings. The minimum absolute atomic E-state index is 0.0681. The Morgan fingerprint density at radius 3 is 2.78 bits per heavy atom. The maximum atomic E-state index is 12.0. The lowest BCUT2D eigenvalue weighted by molar-refractivity contribution is -0.145. The second kappa shape index (κ2) is 3.49. The van der Waals surface area contributed by atoms with E-state index >= 15 is 0 Å². The number of esters is 1. The van der Waals surface area contributed by atoms with Crippen LogP contribution in [0.15, 0.2) is 23.8 Å². The Balaban J connectivity index is 2.07. The average Bonchev–Trinajstić information content (AvgIpc) is 2.69. The normalized spacial score (nSPS) is 43.6. The smallest absolute Gasteiger partial charge is 0.313 e. The Hall–Kier alpha value is -1.05. The van der Waals surface area contributed by atoms with Crippen LogP contribution >= 0.6 is 0 Å². The summed E-state index contributed by atoms with van der Waals surface area (Å²) < 4.78 is 4.99. The summed E-state index contributed by atoms with van der Waals surface area (Å²) in [5.74, 6) is 0.842. The molecule has 2 unspecified atom stereocenters. The zero-order chi connectivity index (χ0) is 13.1. The number of ether oxygens (including phenoxy) is 1. The quantitative estimate of drug-likeness (QED) is 0.663. The van der Waals surface area contributed by atoms with Crippen LogP contribution in [0.3, 0.4) is 0 Å². The lowest BCUT2D eigenvalue weighted by atomic mass is 9.67. The first-order valence-corrected chi connectivity index (χ1v) is 6.90. The van der Waals surface area contributed by atoms with Gasteiger partial charge in [0.1, 0.15) is 0 Å². The Bertz CT molecular complexity index is 458. The minimum Gasteiger partial charge on any atom is -0.469 e. The van der Waals surface area contributed by atoms with Crippen LogP contribution in [-0.2, 0) is 9.53 Å². The largest absolute Gasteiger partial charge is 0.469 e. The standard InChI is InChI=1S/C16H22O2/c1-15(2)11-8-9-16(15,3)12-7-5-6-10(13(11)12)14(17)18-4/h5-7,10-11,13H,8-9H2,1-4H3/t10-,11?,13+,16?/m0/s1. The van der Waals surface area contributed by atoms with Crippen molar-refractivity contribution in [3.05, 3.63) is 23.8 Å².